The van der Waals surface area contributed by atoms with E-state index in [0.717, 1.165) is 36.8 Å². The van der Waals surface area contributed by atoms with Crippen LogP contribution in [0.25, 0.3) is 11.1 Å². The monoisotopic (exact) mass is 336 g/mol. The van der Waals surface area contributed by atoms with Crippen LogP contribution in [0.4, 0.5) is 0 Å². The molecule has 1 aliphatic carbocycles. The number of nitrogens with two attached hydrogens (primary N) is 1. The van der Waals surface area contributed by atoms with E-state index >= 15 is 0 Å². The van der Waals surface area contributed by atoms with Gasteiger partial charge in [-0.25, -0.2) is 0 Å². The molecule has 4 heteroatoms. The minimum atomic E-state index is -0.582. The number of benzene rings is 2. The van der Waals surface area contributed by atoms with Crippen molar-refractivity contribution in [3.63, 3.8) is 0 Å². The van der Waals surface area contributed by atoms with Crippen LogP contribution in [-0.2, 0) is 4.79 Å². The average molecular weight is 336 g/mol. The molecule has 3 N–H and O–H groups in total. The van der Waals surface area contributed by atoms with Gasteiger partial charge in [0, 0.05) is 5.56 Å². The standard InChI is InChI=1S/C21H24N2O2/c22-20(24)19(17-9-5-2-6-10-17)23-21(25)18-13-11-16(12-14-18)15-7-3-1-4-8-15/h1,3-4,7-8,11-14,17,19H,2,5-6,9-10H2,(H2,22,24)(H,23,25)/t19-/m1/s1. The van der Waals surface area contributed by atoms with Gasteiger partial charge in [-0.3, -0.25) is 9.59 Å². The molecule has 0 unspecified atom stereocenters. The highest BCUT2D eigenvalue weighted by Crippen LogP contribution is 2.27. The Labute approximate surface area is 148 Å². The van der Waals surface area contributed by atoms with Crippen molar-refractivity contribution in [2.24, 2.45) is 11.7 Å². The van der Waals surface area contributed by atoms with E-state index in [4.69, 9.17) is 5.73 Å². The van der Waals surface area contributed by atoms with Gasteiger partial charge in [-0.1, -0.05) is 61.7 Å². The maximum absolute atomic E-state index is 12.5. The molecule has 1 aliphatic rings. The molecular formula is C21H24N2O2. The molecule has 2 aromatic carbocycles. The third-order valence-corrected chi connectivity index (χ3v) is 4.97. The van der Waals surface area contributed by atoms with Gasteiger partial charge >= 0.3 is 0 Å². The highest BCUT2D eigenvalue weighted by atomic mass is 16.2. The number of carbonyl (C=O) groups is 2. The van der Waals surface area contributed by atoms with Crippen molar-refractivity contribution in [1.29, 1.82) is 0 Å². The molecule has 1 fully saturated rings. The minimum absolute atomic E-state index is 0.152. The van der Waals surface area contributed by atoms with Gasteiger partial charge in [-0.15, -0.1) is 0 Å². The summed E-state index contributed by atoms with van der Waals surface area (Å²) in [5.74, 6) is -0.533. The summed E-state index contributed by atoms with van der Waals surface area (Å²) in [6.45, 7) is 0. The number of primary amides is 1. The van der Waals surface area contributed by atoms with E-state index in [0.29, 0.717) is 5.56 Å². The SMILES string of the molecule is NC(=O)[C@H](NC(=O)c1ccc(-c2ccccc2)cc1)C1CCCCC1. The van der Waals surface area contributed by atoms with Gasteiger partial charge in [0.15, 0.2) is 0 Å². The lowest BCUT2D eigenvalue weighted by Crippen LogP contribution is -2.49. The fourth-order valence-corrected chi connectivity index (χ4v) is 3.56. The van der Waals surface area contributed by atoms with Crippen LogP contribution < -0.4 is 11.1 Å². The molecule has 4 nitrogen and oxygen atoms in total. The average Bonchev–Trinajstić information content (AvgIpc) is 2.67. The number of rotatable bonds is 5. The summed E-state index contributed by atoms with van der Waals surface area (Å²) < 4.78 is 0. The second-order valence-corrected chi connectivity index (χ2v) is 6.69. The van der Waals surface area contributed by atoms with Crippen LogP contribution in [0, 0.1) is 5.92 Å². The van der Waals surface area contributed by atoms with E-state index in [2.05, 4.69) is 5.32 Å². The third kappa shape index (κ3) is 4.27. The van der Waals surface area contributed by atoms with Crippen molar-refractivity contribution >= 4 is 11.8 Å². The molecule has 0 bridgehead atoms. The summed E-state index contributed by atoms with van der Waals surface area (Å²) in [6.07, 6.45) is 5.27. The summed E-state index contributed by atoms with van der Waals surface area (Å²) in [7, 11) is 0. The van der Waals surface area contributed by atoms with Gasteiger partial charge in [0.2, 0.25) is 5.91 Å². The normalized spacial score (nSPS) is 16.2. The van der Waals surface area contributed by atoms with Crippen molar-refractivity contribution in [1.82, 2.24) is 5.32 Å². The van der Waals surface area contributed by atoms with Crippen molar-refractivity contribution < 1.29 is 9.59 Å². The first-order chi connectivity index (χ1) is 12.1. The van der Waals surface area contributed by atoms with Crippen molar-refractivity contribution in [2.75, 3.05) is 0 Å². The molecule has 0 spiro atoms. The van der Waals surface area contributed by atoms with Crippen LogP contribution in [-0.4, -0.2) is 17.9 Å². The first-order valence-electron chi connectivity index (χ1n) is 8.91. The van der Waals surface area contributed by atoms with Gasteiger partial charge in [-0.2, -0.15) is 0 Å². The Morgan fingerprint density at radius 2 is 1.48 bits per heavy atom. The first-order valence-corrected chi connectivity index (χ1v) is 8.91. The van der Waals surface area contributed by atoms with Crippen LogP contribution in [0.3, 0.4) is 0 Å². The largest absolute Gasteiger partial charge is 0.368 e. The van der Waals surface area contributed by atoms with Gasteiger partial charge in [-0.05, 0) is 42.0 Å². The van der Waals surface area contributed by atoms with Crippen molar-refractivity contribution in [3.05, 3.63) is 60.2 Å². The van der Waals surface area contributed by atoms with E-state index in [9.17, 15) is 9.59 Å². The fourth-order valence-electron chi connectivity index (χ4n) is 3.56. The predicted molar refractivity (Wildman–Crippen MR) is 98.9 cm³/mol. The van der Waals surface area contributed by atoms with E-state index in [1.54, 1.807) is 12.1 Å². The lowest BCUT2D eigenvalue weighted by molar-refractivity contribution is -0.121. The predicted octanol–water partition coefficient (Wildman–Crippen LogP) is 3.52. The van der Waals surface area contributed by atoms with E-state index in [-0.39, 0.29) is 11.8 Å². The van der Waals surface area contributed by atoms with E-state index in [1.165, 1.54) is 6.42 Å². The molecule has 2 amide bonds. The van der Waals surface area contributed by atoms with Crippen LogP contribution in [0.5, 0.6) is 0 Å². The number of nitrogens with one attached hydrogen (secondary N) is 1. The van der Waals surface area contributed by atoms with Crippen LogP contribution >= 0.6 is 0 Å². The molecule has 0 heterocycles. The first kappa shape index (κ1) is 17.2. The number of hydrogen-bond donors (Lipinski definition) is 2. The Bertz CT molecular complexity index is 719. The minimum Gasteiger partial charge on any atom is -0.368 e. The molecule has 0 radical (unpaired) electrons. The molecular weight excluding hydrogens is 312 g/mol. The fraction of sp³-hybridized carbons (Fsp3) is 0.333. The van der Waals surface area contributed by atoms with Gasteiger partial charge < -0.3 is 11.1 Å². The summed E-state index contributed by atoms with van der Waals surface area (Å²) in [5, 5.41) is 2.85. The molecule has 0 aromatic heterocycles. The van der Waals surface area contributed by atoms with Gasteiger partial charge in [0.05, 0.1) is 0 Å². The van der Waals surface area contributed by atoms with Crippen LogP contribution in [0.2, 0.25) is 0 Å². The zero-order chi connectivity index (χ0) is 17.6. The van der Waals surface area contributed by atoms with Crippen LogP contribution in [0.15, 0.2) is 54.6 Å². The number of amides is 2. The molecule has 1 atom stereocenters. The number of hydrogen-bond acceptors (Lipinski definition) is 2. The second kappa shape index (κ2) is 7.97. The smallest absolute Gasteiger partial charge is 0.251 e. The lowest BCUT2D eigenvalue weighted by Gasteiger charge is -2.28. The Morgan fingerprint density at radius 1 is 0.880 bits per heavy atom. The van der Waals surface area contributed by atoms with Gasteiger partial charge in [0.1, 0.15) is 6.04 Å². The van der Waals surface area contributed by atoms with Gasteiger partial charge in [0.25, 0.3) is 5.91 Å². The van der Waals surface area contributed by atoms with Crippen molar-refractivity contribution in [2.45, 2.75) is 38.1 Å². The Morgan fingerprint density at radius 3 is 2.08 bits per heavy atom. The quantitative estimate of drug-likeness (QED) is 0.877. The van der Waals surface area contributed by atoms with Crippen LogP contribution in [0.1, 0.15) is 42.5 Å². The van der Waals surface area contributed by atoms with E-state index < -0.39 is 11.9 Å². The van der Waals surface area contributed by atoms with Crippen molar-refractivity contribution in [3.8, 4) is 11.1 Å². The second-order valence-electron chi connectivity index (χ2n) is 6.69. The third-order valence-electron chi connectivity index (χ3n) is 4.97. The summed E-state index contributed by atoms with van der Waals surface area (Å²) >= 11 is 0. The maximum atomic E-state index is 12.5. The summed E-state index contributed by atoms with van der Waals surface area (Å²) in [5.41, 5.74) is 8.24. The zero-order valence-electron chi connectivity index (χ0n) is 14.3. The highest BCUT2D eigenvalue weighted by Gasteiger charge is 2.29. The molecule has 0 aliphatic heterocycles. The highest BCUT2D eigenvalue weighted by molar-refractivity contribution is 5.97. The Kier molecular flexibility index (Phi) is 5.49. The topological polar surface area (TPSA) is 72.2 Å². The molecule has 2 aromatic rings. The zero-order valence-corrected chi connectivity index (χ0v) is 14.3. The lowest BCUT2D eigenvalue weighted by atomic mass is 9.83. The van der Waals surface area contributed by atoms with E-state index in [1.807, 2.05) is 42.5 Å². The molecule has 1 saturated carbocycles. The molecule has 25 heavy (non-hydrogen) atoms. The molecule has 3 rings (SSSR count). The Hall–Kier alpha value is -2.62. The molecule has 0 saturated heterocycles. The summed E-state index contributed by atoms with van der Waals surface area (Å²) in [4.78, 5) is 24.3. The summed E-state index contributed by atoms with van der Waals surface area (Å²) in [6, 6.07) is 16.8. The maximum Gasteiger partial charge on any atom is 0.251 e. The number of carbonyl (C=O) groups excluding carboxylic acids is 2. The molecule has 130 valence electrons. The Balaban J connectivity index is 1.70.